The van der Waals surface area contributed by atoms with Gasteiger partial charge in [0.05, 0.1) is 4.90 Å². The number of hydrogen-bond acceptors (Lipinski definition) is 3. The maximum absolute atomic E-state index is 13.0. The van der Waals surface area contributed by atoms with E-state index >= 15 is 0 Å². The first-order valence-electron chi connectivity index (χ1n) is 6.09. The van der Waals surface area contributed by atoms with E-state index in [4.69, 9.17) is 5.14 Å². The number of nitrogens with one attached hydrogen (secondary N) is 1. The highest BCUT2D eigenvalue weighted by Gasteiger charge is 2.13. The molecular weight excluding hydrogens is 359 g/mol. The quantitative estimate of drug-likeness (QED) is 0.865. The molecule has 4 nitrogen and oxygen atoms in total. The van der Waals surface area contributed by atoms with Gasteiger partial charge in [0.1, 0.15) is 5.82 Å². The monoisotopic (exact) mass is 372 g/mol. The van der Waals surface area contributed by atoms with Gasteiger partial charge in [-0.1, -0.05) is 28.1 Å². The van der Waals surface area contributed by atoms with E-state index in [2.05, 4.69) is 21.2 Å². The molecule has 0 aliphatic carbocycles. The fraction of sp³-hybridized carbons (Fsp3) is 0.143. The van der Waals surface area contributed by atoms with Crippen molar-refractivity contribution in [2.75, 3.05) is 5.32 Å². The summed E-state index contributed by atoms with van der Waals surface area (Å²) in [6.07, 6.45) is 0. The Morgan fingerprint density at radius 2 is 2.00 bits per heavy atom. The first-order valence-corrected chi connectivity index (χ1v) is 8.43. The van der Waals surface area contributed by atoms with Crippen LogP contribution < -0.4 is 10.5 Å². The molecule has 2 aromatic carbocycles. The van der Waals surface area contributed by atoms with E-state index in [0.717, 1.165) is 5.56 Å². The molecule has 2 aromatic rings. The first kappa shape index (κ1) is 15.9. The van der Waals surface area contributed by atoms with Crippen LogP contribution in [0, 0.1) is 12.7 Å². The van der Waals surface area contributed by atoms with Gasteiger partial charge in [0.25, 0.3) is 0 Å². The Morgan fingerprint density at radius 3 is 2.62 bits per heavy atom. The molecule has 0 fully saturated rings. The van der Waals surface area contributed by atoms with Gasteiger partial charge in [-0.15, -0.1) is 0 Å². The molecule has 0 amide bonds. The summed E-state index contributed by atoms with van der Waals surface area (Å²) < 4.78 is 36.6. The Labute approximate surface area is 131 Å². The Balaban J connectivity index is 2.25. The highest BCUT2D eigenvalue weighted by molar-refractivity contribution is 9.10. The number of halogens is 2. The molecule has 0 bridgehead atoms. The van der Waals surface area contributed by atoms with Gasteiger partial charge in [-0.25, -0.2) is 17.9 Å². The Bertz CT molecular complexity index is 779. The summed E-state index contributed by atoms with van der Waals surface area (Å²) in [4.78, 5) is 0.0886. The highest BCUT2D eigenvalue weighted by Crippen LogP contribution is 2.24. The van der Waals surface area contributed by atoms with Gasteiger partial charge in [0, 0.05) is 16.7 Å². The molecule has 0 spiro atoms. The molecule has 0 aliphatic heterocycles. The van der Waals surface area contributed by atoms with Gasteiger partial charge >= 0.3 is 0 Å². The molecule has 0 saturated heterocycles. The van der Waals surface area contributed by atoms with Crippen molar-refractivity contribution in [3.8, 4) is 0 Å². The average molecular weight is 373 g/mol. The largest absolute Gasteiger partial charge is 0.381 e. The Morgan fingerprint density at radius 1 is 1.29 bits per heavy atom. The zero-order chi connectivity index (χ0) is 15.6. The molecule has 7 heteroatoms. The number of rotatable bonds is 4. The van der Waals surface area contributed by atoms with Crippen LogP contribution in [0.2, 0.25) is 0 Å². The van der Waals surface area contributed by atoms with Crippen LogP contribution in [-0.2, 0) is 16.6 Å². The van der Waals surface area contributed by atoms with E-state index in [9.17, 15) is 12.8 Å². The minimum Gasteiger partial charge on any atom is -0.381 e. The van der Waals surface area contributed by atoms with E-state index in [1.807, 2.05) is 0 Å². The fourth-order valence-corrected chi connectivity index (χ4v) is 3.27. The second-order valence-corrected chi connectivity index (χ2v) is 6.95. The summed E-state index contributed by atoms with van der Waals surface area (Å²) in [5.41, 5.74) is 2.08. The van der Waals surface area contributed by atoms with Crippen molar-refractivity contribution in [1.29, 1.82) is 0 Å². The second kappa shape index (κ2) is 6.13. The smallest absolute Gasteiger partial charge is 0.238 e. The van der Waals surface area contributed by atoms with E-state index < -0.39 is 10.0 Å². The van der Waals surface area contributed by atoms with Gasteiger partial charge in [-0.2, -0.15) is 0 Å². The molecule has 0 unspecified atom stereocenters. The number of primary sulfonamides is 1. The maximum atomic E-state index is 13.0. The lowest BCUT2D eigenvalue weighted by Crippen LogP contribution is -2.14. The van der Waals surface area contributed by atoms with Crippen molar-refractivity contribution < 1.29 is 12.8 Å². The predicted molar refractivity (Wildman–Crippen MR) is 84.0 cm³/mol. The molecule has 0 radical (unpaired) electrons. The van der Waals surface area contributed by atoms with E-state index in [1.165, 1.54) is 18.2 Å². The molecule has 21 heavy (non-hydrogen) atoms. The Kier molecular flexibility index (Phi) is 4.65. The summed E-state index contributed by atoms with van der Waals surface area (Å²) in [5, 5.41) is 8.30. The molecule has 0 aromatic heterocycles. The molecule has 2 rings (SSSR count). The van der Waals surface area contributed by atoms with Crippen LogP contribution in [0.15, 0.2) is 45.8 Å². The SMILES string of the molecule is Cc1c(NCc2ccc(F)cc2Br)cccc1S(N)(=O)=O. The Hall–Kier alpha value is -1.44. The third-order valence-electron chi connectivity index (χ3n) is 3.08. The van der Waals surface area contributed by atoms with Gasteiger partial charge in [0.2, 0.25) is 10.0 Å². The van der Waals surface area contributed by atoms with Gasteiger partial charge in [-0.3, -0.25) is 0 Å². The fourth-order valence-electron chi connectivity index (χ4n) is 1.97. The van der Waals surface area contributed by atoms with Crippen LogP contribution in [0.1, 0.15) is 11.1 Å². The van der Waals surface area contributed by atoms with Crippen molar-refractivity contribution in [2.24, 2.45) is 5.14 Å². The molecule has 0 heterocycles. The normalized spacial score (nSPS) is 11.4. The zero-order valence-electron chi connectivity index (χ0n) is 11.2. The van der Waals surface area contributed by atoms with Crippen molar-refractivity contribution in [1.82, 2.24) is 0 Å². The second-order valence-electron chi connectivity index (χ2n) is 4.56. The lowest BCUT2D eigenvalue weighted by molar-refractivity contribution is 0.597. The summed E-state index contributed by atoms with van der Waals surface area (Å²) in [7, 11) is -3.75. The molecule has 0 saturated carbocycles. The molecule has 3 N–H and O–H groups in total. The molecule has 0 aliphatic rings. The summed E-state index contributed by atoms with van der Waals surface area (Å²) in [6, 6.07) is 9.26. The van der Waals surface area contributed by atoms with Gasteiger partial charge in [-0.05, 0) is 42.3 Å². The van der Waals surface area contributed by atoms with Crippen LogP contribution in [-0.4, -0.2) is 8.42 Å². The standard InChI is InChI=1S/C14H14BrFN2O2S/c1-9-13(3-2-4-14(9)21(17,19)20)18-8-10-5-6-11(16)7-12(10)15/h2-7,18H,8H2,1H3,(H2,17,19,20). The van der Waals surface area contributed by atoms with Crippen molar-refractivity contribution in [3.05, 3.63) is 57.8 Å². The highest BCUT2D eigenvalue weighted by atomic mass is 79.9. The maximum Gasteiger partial charge on any atom is 0.238 e. The minimum atomic E-state index is -3.75. The van der Waals surface area contributed by atoms with Crippen LogP contribution in [0.3, 0.4) is 0 Å². The van der Waals surface area contributed by atoms with Gasteiger partial charge < -0.3 is 5.32 Å². The first-order chi connectivity index (χ1) is 9.79. The summed E-state index contributed by atoms with van der Waals surface area (Å²) in [6.45, 7) is 2.11. The summed E-state index contributed by atoms with van der Waals surface area (Å²) >= 11 is 3.29. The number of anilines is 1. The number of hydrogen-bond donors (Lipinski definition) is 2. The number of sulfonamides is 1. The van der Waals surface area contributed by atoms with E-state index in [-0.39, 0.29) is 10.7 Å². The van der Waals surface area contributed by atoms with Crippen LogP contribution in [0.5, 0.6) is 0 Å². The topological polar surface area (TPSA) is 72.2 Å². The number of benzene rings is 2. The van der Waals surface area contributed by atoms with Crippen LogP contribution in [0.4, 0.5) is 10.1 Å². The lowest BCUT2D eigenvalue weighted by atomic mass is 10.1. The van der Waals surface area contributed by atoms with Crippen molar-refractivity contribution in [2.45, 2.75) is 18.4 Å². The van der Waals surface area contributed by atoms with Crippen LogP contribution in [0.25, 0.3) is 0 Å². The van der Waals surface area contributed by atoms with E-state index in [0.29, 0.717) is 22.3 Å². The van der Waals surface area contributed by atoms with Crippen molar-refractivity contribution in [3.63, 3.8) is 0 Å². The minimum absolute atomic E-state index is 0.0886. The van der Waals surface area contributed by atoms with Crippen molar-refractivity contribution >= 4 is 31.6 Å². The third-order valence-corrected chi connectivity index (χ3v) is 4.87. The zero-order valence-corrected chi connectivity index (χ0v) is 13.6. The van der Waals surface area contributed by atoms with Crippen LogP contribution >= 0.6 is 15.9 Å². The van der Waals surface area contributed by atoms with E-state index in [1.54, 1.807) is 25.1 Å². The average Bonchev–Trinajstić information content (AvgIpc) is 2.38. The van der Waals surface area contributed by atoms with Gasteiger partial charge in [0.15, 0.2) is 0 Å². The lowest BCUT2D eigenvalue weighted by Gasteiger charge is -2.13. The number of nitrogens with two attached hydrogens (primary N) is 1. The summed E-state index contributed by atoms with van der Waals surface area (Å²) in [5.74, 6) is -0.321. The predicted octanol–water partition coefficient (Wildman–Crippen LogP) is 3.16. The molecule has 112 valence electrons. The molecular formula is C14H14BrFN2O2S. The molecule has 0 atom stereocenters. The third kappa shape index (κ3) is 3.81.